The zero-order chi connectivity index (χ0) is 14.9. The van der Waals surface area contributed by atoms with Gasteiger partial charge in [-0.2, -0.15) is 21.6 Å². The first-order valence-electron chi connectivity index (χ1n) is 5.40. The smallest absolute Gasteiger partial charge is 0.479 e. The quantitative estimate of drug-likeness (QED) is 0.621. The van der Waals surface area contributed by atoms with E-state index >= 15 is 0 Å². The highest BCUT2D eigenvalue weighted by Gasteiger charge is 2.54. The minimum atomic E-state index is -5.86. The topological polar surface area (TPSA) is 89.9 Å². The predicted octanol–water partition coefficient (Wildman–Crippen LogP) is 1.27. The van der Waals surface area contributed by atoms with Crippen molar-refractivity contribution in [3.8, 4) is 0 Å². The number of hydrogen-bond acceptors (Lipinski definition) is 5. The summed E-state index contributed by atoms with van der Waals surface area (Å²) in [6.45, 7) is 0.953. The van der Waals surface area contributed by atoms with Crippen LogP contribution in [0.15, 0.2) is 0 Å². The number of carboxylic acid groups (broad SMARTS) is 1. The molecule has 0 aromatic rings. The summed E-state index contributed by atoms with van der Waals surface area (Å²) in [6, 6.07) is 0. The minimum absolute atomic E-state index is 0.0199. The second kappa shape index (κ2) is 5.25. The molecule has 1 heterocycles. The summed E-state index contributed by atoms with van der Waals surface area (Å²) in [6.07, 6.45) is -0.951. The van der Waals surface area contributed by atoms with Crippen LogP contribution >= 0.6 is 0 Å². The Labute approximate surface area is 107 Å². The molecule has 1 aliphatic heterocycles. The fourth-order valence-electron chi connectivity index (χ4n) is 1.80. The number of hydrogen-bond donors (Lipinski definition) is 1. The molecule has 0 aliphatic carbocycles. The highest BCUT2D eigenvalue weighted by atomic mass is 32.2. The van der Waals surface area contributed by atoms with Gasteiger partial charge in [-0.05, 0) is 26.2 Å². The van der Waals surface area contributed by atoms with Crippen molar-refractivity contribution in [2.45, 2.75) is 43.4 Å². The summed E-state index contributed by atoms with van der Waals surface area (Å²) < 4.78 is 67.2. The molecule has 2 atom stereocenters. The number of carbonyl (C=O) groups is 1. The molecule has 10 heteroatoms. The molecule has 1 saturated heterocycles. The summed E-state index contributed by atoms with van der Waals surface area (Å²) in [5, 5.41) is 9.08. The number of aliphatic carboxylic acids is 1. The van der Waals surface area contributed by atoms with Gasteiger partial charge in [0, 0.05) is 6.61 Å². The van der Waals surface area contributed by atoms with Crippen LogP contribution in [0.3, 0.4) is 0 Å². The van der Waals surface area contributed by atoms with Gasteiger partial charge in [-0.15, -0.1) is 0 Å². The SMILES string of the molecule is CC(OS(=O)(=O)C(F)(F)F)C1(C(=O)O)CCCCO1. The number of carboxylic acids is 1. The van der Waals surface area contributed by atoms with E-state index in [4.69, 9.17) is 9.84 Å². The van der Waals surface area contributed by atoms with E-state index in [9.17, 15) is 26.4 Å². The van der Waals surface area contributed by atoms with Gasteiger partial charge in [0.05, 0.1) is 0 Å². The Kier molecular flexibility index (Phi) is 4.47. The fraction of sp³-hybridized carbons (Fsp3) is 0.889. The second-order valence-electron chi connectivity index (χ2n) is 4.14. The normalized spacial score (nSPS) is 26.9. The standard InChI is InChI=1S/C9H13F3O6S/c1-6(18-19(15,16)9(10,11)12)8(7(13)14)4-2-3-5-17-8/h6H,2-5H2,1H3,(H,13,14). The zero-order valence-corrected chi connectivity index (χ0v) is 10.8. The summed E-state index contributed by atoms with van der Waals surface area (Å²) in [5.41, 5.74) is -7.67. The van der Waals surface area contributed by atoms with Gasteiger partial charge in [0.25, 0.3) is 0 Å². The molecule has 0 spiro atoms. The van der Waals surface area contributed by atoms with Gasteiger partial charge in [0.2, 0.25) is 0 Å². The van der Waals surface area contributed by atoms with E-state index in [0.717, 1.165) is 6.92 Å². The Hall–Kier alpha value is -0.870. The number of ether oxygens (including phenoxy) is 1. The van der Waals surface area contributed by atoms with Crippen LogP contribution in [0.4, 0.5) is 13.2 Å². The lowest BCUT2D eigenvalue weighted by Gasteiger charge is -2.37. The van der Waals surface area contributed by atoms with Crippen LogP contribution < -0.4 is 0 Å². The van der Waals surface area contributed by atoms with E-state index < -0.39 is 33.3 Å². The van der Waals surface area contributed by atoms with Crippen molar-refractivity contribution in [1.29, 1.82) is 0 Å². The van der Waals surface area contributed by atoms with Crippen LogP contribution in [0.1, 0.15) is 26.2 Å². The molecule has 0 aromatic heterocycles. The maximum Gasteiger partial charge on any atom is 0.523 e. The third kappa shape index (κ3) is 3.18. The molecule has 1 fully saturated rings. The zero-order valence-electron chi connectivity index (χ0n) is 9.94. The van der Waals surface area contributed by atoms with Crippen LogP contribution in [-0.4, -0.2) is 43.3 Å². The molecule has 19 heavy (non-hydrogen) atoms. The second-order valence-corrected chi connectivity index (χ2v) is 5.70. The molecule has 0 radical (unpaired) electrons. The predicted molar refractivity (Wildman–Crippen MR) is 55.7 cm³/mol. The van der Waals surface area contributed by atoms with E-state index in [1.54, 1.807) is 0 Å². The molecule has 0 bridgehead atoms. The molecule has 0 aromatic carbocycles. The van der Waals surface area contributed by atoms with Crippen LogP contribution in [0.25, 0.3) is 0 Å². The fourth-order valence-corrected chi connectivity index (χ4v) is 2.45. The van der Waals surface area contributed by atoms with E-state index in [2.05, 4.69) is 4.18 Å². The lowest BCUT2D eigenvalue weighted by molar-refractivity contribution is -0.188. The van der Waals surface area contributed by atoms with Crippen molar-refractivity contribution >= 4 is 16.1 Å². The molecule has 0 amide bonds. The molecule has 6 nitrogen and oxygen atoms in total. The van der Waals surface area contributed by atoms with Gasteiger partial charge in [0.15, 0.2) is 5.60 Å². The van der Waals surface area contributed by atoms with Crippen molar-refractivity contribution in [3.05, 3.63) is 0 Å². The third-order valence-corrected chi connectivity index (χ3v) is 3.98. The minimum Gasteiger partial charge on any atom is -0.479 e. The third-order valence-electron chi connectivity index (χ3n) is 2.88. The van der Waals surface area contributed by atoms with E-state index in [1.807, 2.05) is 0 Å². The van der Waals surface area contributed by atoms with E-state index in [-0.39, 0.29) is 13.0 Å². The first-order valence-corrected chi connectivity index (χ1v) is 6.81. The van der Waals surface area contributed by atoms with Gasteiger partial charge < -0.3 is 9.84 Å². The highest BCUT2D eigenvalue weighted by molar-refractivity contribution is 7.87. The Morgan fingerprint density at radius 2 is 2.00 bits per heavy atom. The van der Waals surface area contributed by atoms with Crippen molar-refractivity contribution in [3.63, 3.8) is 0 Å². The first-order chi connectivity index (χ1) is 8.53. The molecular weight excluding hydrogens is 293 g/mol. The van der Waals surface area contributed by atoms with Gasteiger partial charge in [-0.1, -0.05) is 0 Å². The Balaban J connectivity index is 2.97. The van der Waals surface area contributed by atoms with Crippen LogP contribution in [0, 0.1) is 0 Å². The van der Waals surface area contributed by atoms with Gasteiger partial charge in [0.1, 0.15) is 6.10 Å². The van der Waals surface area contributed by atoms with Gasteiger partial charge >= 0.3 is 21.6 Å². The number of halogens is 3. The van der Waals surface area contributed by atoms with Crippen molar-refractivity contribution in [2.75, 3.05) is 6.61 Å². The van der Waals surface area contributed by atoms with E-state index in [0.29, 0.717) is 12.8 Å². The Bertz CT molecular complexity index is 437. The largest absolute Gasteiger partial charge is 0.523 e. The van der Waals surface area contributed by atoms with Crippen molar-refractivity contribution in [1.82, 2.24) is 0 Å². The lowest BCUT2D eigenvalue weighted by Crippen LogP contribution is -2.54. The van der Waals surface area contributed by atoms with Crippen LogP contribution in [-0.2, 0) is 23.8 Å². The Morgan fingerprint density at radius 1 is 1.42 bits per heavy atom. The van der Waals surface area contributed by atoms with Crippen LogP contribution in [0.2, 0.25) is 0 Å². The highest BCUT2D eigenvalue weighted by Crippen LogP contribution is 2.34. The summed E-state index contributed by atoms with van der Waals surface area (Å²) in [4.78, 5) is 11.2. The molecule has 0 saturated carbocycles. The maximum atomic E-state index is 12.2. The average Bonchev–Trinajstić information content (AvgIpc) is 2.27. The van der Waals surface area contributed by atoms with Gasteiger partial charge in [-0.3, -0.25) is 4.18 Å². The molecule has 2 unspecified atom stereocenters. The average molecular weight is 306 g/mol. The van der Waals surface area contributed by atoms with Crippen molar-refractivity contribution < 1.29 is 40.4 Å². The molecular formula is C9H13F3O6S. The van der Waals surface area contributed by atoms with E-state index in [1.165, 1.54) is 0 Å². The van der Waals surface area contributed by atoms with Gasteiger partial charge in [-0.25, -0.2) is 4.79 Å². The van der Waals surface area contributed by atoms with Crippen molar-refractivity contribution in [2.24, 2.45) is 0 Å². The summed E-state index contributed by atoms with van der Waals surface area (Å²) in [5.74, 6) is -1.54. The number of rotatable bonds is 4. The summed E-state index contributed by atoms with van der Waals surface area (Å²) >= 11 is 0. The molecule has 1 aliphatic rings. The maximum absolute atomic E-state index is 12.2. The summed E-state index contributed by atoms with van der Waals surface area (Å²) in [7, 11) is -5.86. The van der Waals surface area contributed by atoms with Crippen LogP contribution in [0.5, 0.6) is 0 Å². The Morgan fingerprint density at radius 3 is 2.37 bits per heavy atom. The molecule has 1 rings (SSSR count). The monoisotopic (exact) mass is 306 g/mol. The molecule has 112 valence electrons. The number of alkyl halides is 3. The lowest BCUT2D eigenvalue weighted by atomic mass is 9.89. The first kappa shape index (κ1) is 16.2. The molecule has 1 N–H and O–H groups in total.